The van der Waals surface area contributed by atoms with Crippen LogP contribution in [0.15, 0.2) is 30.7 Å². The summed E-state index contributed by atoms with van der Waals surface area (Å²) in [6.45, 7) is 11.7. The molecule has 0 unspecified atom stereocenters. The van der Waals surface area contributed by atoms with Gasteiger partial charge in [-0.05, 0) is 43.4 Å². The lowest BCUT2D eigenvalue weighted by Crippen LogP contribution is -2.49. The first-order valence-corrected chi connectivity index (χ1v) is 12.0. The molecule has 4 aromatic heterocycles. The van der Waals surface area contributed by atoms with Crippen molar-refractivity contribution in [2.45, 2.75) is 57.9 Å². The molecule has 1 aliphatic carbocycles. The summed E-state index contributed by atoms with van der Waals surface area (Å²) < 4.78 is 0. The Hall–Kier alpha value is -3.06. The highest BCUT2D eigenvalue weighted by molar-refractivity contribution is 5.97. The smallest absolute Gasteiger partial charge is 0.163 e. The molecule has 0 bridgehead atoms. The first-order chi connectivity index (χ1) is 15.9. The third-order valence-corrected chi connectivity index (χ3v) is 6.88. The first kappa shape index (κ1) is 20.5. The predicted octanol–water partition coefficient (Wildman–Crippen LogP) is 4.54. The molecular formula is C26H31N7. The van der Waals surface area contributed by atoms with Crippen LogP contribution in [-0.4, -0.2) is 50.6 Å². The van der Waals surface area contributed by atoms with Gasteiger partial charge in [0.1, 0.15) is 11.5 Å². The largest absolute Gasteiger partial charge is 0.353 e. The van der Waals surface area contributed by atoms with Crippen molar-refractivity contribution in [2.75, 3.05) is 24.5 Å². The fraction of sp³-hybridized carbons (Fsp3) is 0.462. The number of nitrogens with zero attached hydrogens (tertiary/aromatic N) is 5. The van der Waals surface area contributed by atoms with Gasteiger partial charge >= 0.3 is 0 Å². The van der Waals surface area contributed by atoms with E-state index in [1.54, 1.807) is 0 Å². The third kappa shape index (κ3) is 3.64. The Bertz CT molecular complexity index is 1350. The van der Waals surface area contributed by atoms with Crippen molar-refractivity contribution in [3.8, 4) is 11.4 Å². The van der Waals surface area contributed by atoms with E-state index in [1.165, 1.54) is 23.8 Å². The maximum atomic E-state index is 5.24. The van der Waals surface area contributed by atoms with E-state index in [4.69, 9.17) is 9.97 Å². The minimum absolute atomic E-state index is 0.00734. The Morgan fingerprint density at radius 2 is 1.97 bits per heavy atom. The second-order valence-electron chi connectivity index (χ2n) is 10.6. The fourth-order valence-corrected chi connectivity index (χ4v) is 4.89. The number of aromatic amines is 1. The van der Waals surface area contributed by atoms with Crippen LogP contribution in [0.5, 0.6) is 0 Å². The number of pyridine rings is 2. The molecule has 2 N–H and O–H groups in total. The SMILES string of the molecule is C[C@H]1CN(c2nc(-c3ccnc4[nH]c(C(C)(C)C)cc34)nc3cncc(C4CC4)c23)CCN1. The second kappa shape index (κ2) is 7.48. The van der Waals surface area contributed by atoms with E-state index in [1.807, 2.05) is 24.7 Å². The highest BCUT2D eigenvalue weighted by atomic mass is 15.2. The van der Waals surface area contributed by atoms with Gasteiger partial charge in [0.15, 0.2) is 5.82 Å². The summed E-state index contributed by atoms with van der Waals surface area (Å²) in [6, 6.07) is 4.66. The molecule has 2 fully saturated rings. The summed E-state index contributed by atoms with van der Waals surface area (Å²) in [4.78, 5) is 25.4. The highest BCUT2D eigenvalue weighted by Gasteiger charge is 2.30. The lowest BCUT2D eigenvalue weighted by atomic mass is 9.92. The molecule has 1 atom stereocenters. The van der Waals surface area contributed by atoms with E-state index in [-0.39, 0.29) is 5.41 Å². The quantitative estimate of drug-likeness (QED) is 0.486. The Morgan fingerprint density at radius 1 is 1.12 bits per heavy atom. The number of H-pyrrole nitrogens is 1. The zero-order valence-corrected chi connectivity index (χ0v) is 19.8. The summed E-state index contributed by atoms with van der Waals surface area (Å²) in [5.74, 6) is 2.37. The minimum Gasteiger partial charge on any atom is -0.353 e. The highest BCUT2D eigenvalue weighted by Crippen LogP contribution is 2.45. The zero-order valence-electron chi connectivity index (χ0n) is 19.8. The van der Waals surface area contributed by atoms with Crippen molar-refractivity contribution in [3.05, 3.63) is 42.0 Å². The number of rotatable bonds is 3. The average molecular weight is 442 g/mol. The molecule has 2 aliphatic rings. The van der Waals surface area contributed by atoms with E-state index >= 15 is 0 Å². The van der Waals surface area contributed by atoms with Crippen molar-refractivity contribution >= 4 is 27.8 Å². The van der Waals surface area contributed by atoms with Crippen LogP contribution < -0.4 is 10.2 Å². The molecular weight excluding hydrogens is 410 g/mol. The molecule has 1 aliphatic heterocycles. The molecule has 33 heavy (non-hydrogen) atoms. The van der Waals surface area contributed by atoms with Gasteiger partial charge in [0.05, 0.1) is 11.7 Å². The van der Waals surface area contributed by atoms with Crippen LogP contribution >= 0.6 is 0 Å². The first-order valence-electron chi connectivity index (χ1n) is 12.0. The van der Waals surface area contributed by atoms with Gasteiger partial charge in [-0.1, -0.05) is 20.8 Å². The van der Waals surface area contributed by atoms with Crippen LogP contribution in [0.4, 0.5) is 5.82 Å². The van der Waals surface area contributed by atoms with Crippen LogP contribution in [0.25, 0.3) is 33.3 Å². The lowest BCUT2D eigenvalue weighted by molar-refractivity contribution is 0.483. The van der Waals surface area contributed by atoms with E-state index in [0.717, 1.165) is 59.1 Å². The molecule has 1 saturated carbocycles. The summed E-state index contributed by atoms with van der Waals surface area (Å²) >= 11 is 0. The van der Waals surface area contributed by atoms with E-state index in [2.05, 4.69) is 58.9 Å². The van der Waals surface area contributed by atoms with Crippen molar-refractivity contribution in [1.29, 1.82) is 0 Å². The average Bonchev–Trinajstić information content (AvgIpc) is 3.54. The fourth-order valence-electron chi connectivity index (χ4n) is 4.89. The minimum atomic E-state index is 0.00734. The third-order valence-electron chi connectivity index (χ3n) is 6.88. The summed E-state index contributed by atoms with van der Waals surface area (Å²) in [5, 5.41) is 5.80. The Morgan fingerprint density at radius 3 is 2.73 bits per heavy atom. The maximum absolute atomic E-state index is 5.24. The van der Waals surface area contributed by atoms with Gasteiger partial charge in [-0.15, -0.1) is 0 Å². The lowest BCUT2D eigenvalue weighted by Gasteiger charge is -2.33. The van der Waals surface area contributed by atoms with Gasteiger partial charge in [-0.3, -0.25) is 4.98 Å². The molecule has 7 heteroatoms. The number of piperazine rings is 1. The summed E-state index contributed by atoms with van der Waals surface area (Å²) in [7, 11) is 0. The molecule has 0 amide bonds. The van der Waals surface area contributed by atoms with Gasteiger partial charge in [0, 0.05) is 65.5 Å². The summed E-state index contributed by atoms with van der Waals surface area (Å²) in [6.07, 6.45) is 8.23. The van der Waals surface area contributed by atoms with Crippen LogP contribution in [0.1, 0.15) is 57.7 Å². The number of nitrogens with one attached hydrogen (secondary N) is 2. The number of hydrogen-bond donors (Lipinski definition) is 2. The number of fused-ring (bicyclic) bond motifs is 2. The monoisotopic (exact) mass is 441 g/mol. The molecule has 0 spiro atoms. The van der Waals surface area contributed by atoms with Crippen molar-refractivity contribution in [3.63, 3.8) is 0 Å². The van der Waals surface area contributed by atoms with E-state index in [9.17, 15) is 0 Å². The van der Waals surface area contributed by atoms with Crippen molar-refractivity contribution in [2.24, 2.45) is 0 Å². The number of aromatic nitrogens is 5. The van der Waals surface area contributed by atoms with Crippen molar-refractivity contribution in [1.82, 2.24) is 30.2 Å². The maximum Gasteiger partial charge on any atom is 0.163 e. The topological polar surface area (TPSA) is 82.6 Å². The van der Waals surface area contributed by atoms with Crippen LogP contribution in [-0.2, 0) is 5.41 Å². The summed E-state index contributed by atoms with van der Waals surface area (Å²) in [5.41, 5.74) is 5.29. The second-order valence-corrected chi connectivity index (χ2v) is 10.6. The van der Waals surface area contributed by atoms with Gasteiger partial charge < -0.3 is 15.2 Å². The standard InChI is InChI=1S/C26H31N7/c1-15-14-33(10-9-28-15)25-22-19(16-5-6-16)12-27-13-20(22)30-24(32-25)17-7-8-29-23-18(17)11-21(31-23)26(2,3)4/h7-8,11-13,15-16,28H,5-6,9-10,14H2,1-4H3,(H,29,31)/t15-/m0/s1. The Kier molecular flexibility index (Phi) is 4.66. The van der Waals surface area contributed by atoms with Gasteiger partial charge in [-0.2, -0.15) is 0 Å². The predicted molar refractivity (Wildman–Crippen MR) is 133 cm³/mol. The van der Waals surface area contributed by atoms with Gasteiger partial charge in [0.25, 0.3) is 0 Å². The van der Waals surface area contributed by atoms with E-state index < -0.39 is 0 Å². The molecule has 170 valence electrons. The normalized spacial score (nSPS) is 19.5. The molecule has 1 saturated heterocycles. The van der Waals surface area contributed by atoms with Crippen molar-refractivity contribution < 1.29 is 0 Å². The zero-order chi connectivity index (χ0) is 22.7. The molecule has 4 aromatic rings. The molecule has 6 rings (SSSR count). The van der Waals surface area contributed by atoms with Gasteiger partial charge in [0.2, 0.25) is 0 Å². The van der Waals surface area contributed by atoms with E-state index in [0.29, 0.717) is 12.0 Å². The molecule has 0 aromatic carbocycles. The number of anilines is 1. The van der Waals surface area contributed by atoms with Crippen LogP contribution in [0.3, 0.4) is 0 Å². The Balaban J connectivity index is 1.58. The molecule has 7 nitrogen and oxygen atoms in total. The number of hydrogen-bond acceptors (Lipinski definition) is 6. The van der Waals surface area contributed by atoms with Crippen LogP contribution in [0.2, 0.25) is 0 Å². The molecule has 0 radical (unpaired) electrons. The van der Waals surface area contributed by atoms with Crippen LogP contribution in [0, 0.1) is 0 Å². The van der Waals surface area contributed by atoms with Gasteiger partial charge in [-0.25, -0.2) is 15.0 Å². The molecule has 5 heterocycles. The Labute approximate surface area is 194 Å².